The monoisotopic (exact) mass is 254 g/mol. The number of nitrogens with one attached hydrogen (secondary N) is 1. The molecule has 0 unspecified atom stereocenters. The van der Waals surface area contributed by atoms with Gasteiger partial charge in [-0.05, 0) is 21.9 Å². The van der Waals surface area contributed by atoms with Crippen LogP contribution in [0, 0.1) is 0 Å². The fraction of sp³-hybridized carbons (Fsp3) is 0.133. The number of nitrogens with zero attached hydrogens (tertiary/aromatic N) is 1. The molecule has 0 bridgehead atoms. The maximum absolute atomic E-state index is 3.96. The molecule has 2 nitrogen and oxygen atoms in total. The van der Waals surface area contributed by atoms with E-state index in [0.717, 1.165) is 11.5 Å². The molecule has 0 amide bonds. The second-order valence-electron chi connectivity index (χ2n) is 4.24. The van der Waals surface area contributed by atoms with Crippen molar-refractivity contribution in [2.45, 2.75) is 11.5 Å². The van der Waals surface area contributed by atoms with Crippen molar-refractivity contribution in [3.63, 3.8) is 0 Å². The smallest absolute Gasteiger partial charge is 0.0527 e. The molecule has 0 spiro atoms. The van der Waals surface area contributed by atoms with Crippen LogP contribution in [0.25, 0.3) is 10.8 Å². The molecule has 1 N–H and O–H groups in total. The second-order valence-corrected chi connectivity index (χ2v) is 5.22. The maximum Gasteiger partial charge on any atom is 0.0527 e. The first-order chi connectivity index (χ1) is 8.93. The summed E-state index contributed by atoms with van der Waals surface area (Å²) in [6.07, 6.45) is 3.84. The molecule has 3 rings (SSSR count). The molecule has 0 atom stereocenters. The van der Waals surface area contributed by atoms with Crippen LogP contribution in [0.2, 0.25) is 0 Å². The van der Waals surface area contributed by atoms with E-state index in [0.29, 0.717) is 0 Å². The van der Waals surface area contributed by atoms with Crippen molar-refractivity contribution in [3.05, 3.63) is 66.0 Å². The van der Waals surface area contributed by atoms with Crippen molar-refractivity contribution >= 4 is 22.5 Å². The fourth-order valence-corrected chi connectivity index (χ4v) is 3.02. The van der Waals surface area contributed by atoms with Crippen molar-refractivity contribution in [1.29, 1.82) is 0 Å². The number of fused-ring (bicyclic) bond motifs is 1. The van der Waals surface area contributed by atoms with Crippen LogP contribution in [0.1, 0.15) is 11.1 Å². The van der Waals surface area contributed by atoms with Gasteiger partial charge in [0.1, 0.15) is 0 Å². The molecule has 3 aromatic rings. The highest BCUT2D eigenvalue weighted by molar-refractivity contribution is 7.97. The second kappa shape index (κ2) is 5.27. The van der Waals surface area contributed by atoms with Gasteiger partial charge in [-0.3, -0.25) is 5.10 Å². The van der Waals surface area contributed by atoms with Gasteiger partial charge in [0.25, 0.3) is 0 Å². The molecule has 0 fully saturated rings. The van der Waals surface area contributed by atoms with E-state index >= 15 is 0 Å². The summed E-state index contributed by atoms with van der Waals surface area (Å²) in [6, 6.07) is 15.1. The van der Waals surface area contributed by atoms with Gasteiger partial charge in [-0.15, -0.1) is 0 Å². The SMILES string of the molecule is c1ccc2c(CSCc3cn[nH]c3)cccc2c1. The Hall–Kier alpha value is -1.74. The van der Waals surface area contributed by atoms with Gasteiger partial charge in [0.15, 0.2) is 0 Å². The van der Waals surface area contributed by atoms with E-state index in [1.165, 1.54) is 21.9 Å². The highest BCUT2D eigenvalue weighted by atomic mass is 32.2. The average molecular weight is 254 g/mol. The molecule has 0 aliphatic heterocycles. The molecule has 3 heteroatoms. The van der Waals surface area contributed by atoms with Crippen LogP contribution in [0.5, 0.6) is 0 Å². The lowest BCUT2D eigenvalue weighted by Crippen LogP contribution is -1.84. The number of aromatic nitrogens is 2. The Morgan fingerprint density at radius 1 is 1.00 bits per heavy atom. The standard InChI is InChI=1S/C15H14N2S/c1-2-7-15-13(4-1)5-3-6-14(15)11-18-10-12-8-16-17-9-12/h1-9H,10-11H2,(H,16,17). The molecule has 90 valence electrons. The van der Waals surface area contributed by atoms with Crippen molar-refractivity contribution in [2.24, 2.45) is 0 Å². The number of benzene rings is 2. The number of H-pyrrole nitrogens is 1. The van der Waals surface area contributed by atoms with Crippen LogP contribution in [0.3, 0.4) is 0 Å². The number of thioether (sulfide) groups is 1. The zero-order valence-corrected chi connectivity index (χ0v) is 10.8. The van der Waals surface area contributed by atoms with E-state index in [2.05, 4.69) is 52.7 Å². The number of aromatic amines is 1. The topological polar surface area (TPSA) is 28.7 Å². The van der Waals surface area contributed by atoms with Gasteiger partial charge in [-0.1, -0.05) is 42.5 Å². The van der Waals surface area contributed by atoms with Crippen molar-refractivity contribution in [3.8, 4) is 0 Å². The van der Waals surface area contributed by atoms with Crippen LogP contribution in [0.4, 0.5) is 0 Å². The Morgan fingerprint density at radius 3 is 2.78 bits per heavy atom. The quantitative estimate of drug-likeness (QED) is 0.762. The van der Waals surface area contributed by atoms with Crippen molar-refractivity contribution in [1.82, 2.24) is 10.2 Å². The molecule has 1 aromatic heterocycles. The summed E-state index contributed by atoms with van der Waals surface area (Å²) in [6.45, 7) is 0. The molecule has 1 heterocycles. The van der Waals surface area contributed by atoms with Gasteiger partial charge in [0.05, 0.1) is 6.20 Å². The summed E-state index contributed by atoms with van der Waals surface area (Å²) >= 11 is 1.92. The van der Waals surface area contributed by atoms with Gasteiger partial charge < -0.3 is 0 Å². The lowest BCUT2D eigenvalue weighted by molar-refractivity contribution is 1.09. The minimum absolute atomic E-state index is 1.000. The molecular formula is C15H14N2S. The van der Waals surface area contributed by atoms with Crippen molar-refractivity contribution < 1.29 is 0 Å². The molecular weight excluding hydrogens is 240 g/mol. The normalized spacial score (nSPS) is 10.9. The van der Waals surface area contributed by atoms with Gasteiger partial charge >= 0.3 is 0 Å². The Morgan fingerprint density at radius 2 is 1.89 bits per heavy atom. The van der Waals surface area contributed by atoms with E-state index in [4.69, 9.17) is 0 Å². The third-order valence-corrected chi connectivity index (χ3v) is 4.01. The molecule has 18 heavy (non-hydrogen) atoms. The van der Waals surface area contributed by atoms with E-state index in [9.17, 15) is 0 Å². The summed E-state index contributed by atoms with van der Waals surface area (Å²) in [5.41, 5.74) is 2.65. The summed E-state index contributed by atoms with van der Waals surface area (Å²) in [4.78, 5) is 0. The first-order valence-corrected chi connectivity index (χ1v) is 7.11. The summed E-state index contributed by atoms with van der Waals surface area (Å²) in [5.74, 6) is 2.03. The van der Waals surface area contributed by atoms with Gasteiger partial charge in [-0.2, -0.15) is 16.9 Å². The van der Waals surface area contributed by atoms with Crippen LogP contribution in [-0.2, 0) is 11.5 Å². The number of hydrogen-bond acceptors (Lipinski definition) is 2. The molecule has 2 aromatic carbocycles. The molecule has 0 aliphatic rings. The number of hydrogen-bond donors (Lipinski definition) is 1. The van der Waals surface area contributed by atoms with Crippen LogP contribution in [-0.4, -0.2) is 10.2 Å². The first-order valence-electron chi connectivity index (χ1n) is 5.95. The van der Waals surface area contributed by atoms with Crippen LogP contribution >= 0.6 is 11.8 Å². The highest BCUT2D eigenvalue weighted by Gasteiger charge is 2.01. The minimum atomic E-state index is 1.000. The molecule has 0 radical (unpaired) electrons. The van der Waals surface area contributed by atoms with E-state index in [1.54, 1.807) is 0 Å². The predicted octanol–water partition coefficient (Wildman–Crippen LogP) is 4.00. The van der Waals surface area contributed by atoms with Crippen LogP contribution < -0.4 is 0 Å². The summed E-state index contributed by atoms with van der Waals surface area (Å²) in [7, 11) is 0. The zero-order chi connectivity index (χ0) is 12.2. The van der Waals surface area contributed by atoms with Crippen molar-refractivity contribution in [2.75, 3.05) is 0 Å². The third kappa shape index (κ3) is 2.41. The minimum Gasteiger partial charge on any atom is -0.285 e. The molecule has 0 aliphatic carbocycles. The lowest BCUT2D eigenvalue weighted by atomic mass is 10.1. The lowest BCUT2D eigenvalue weighted by Gasteiger charge is -2.05. The Labute approximate surface area is 110 Å². The van der Waals surface area contributed by atoms with E-state index in [1.807, 2.05) is 24.2 Å². The number of rotatable bonds is 4. The van der Waals surface area contributed by atoms with E-state index in [-0.39, 0.29) is 0 Å². The molecule has 0 saturated heterocycles. The van der Waals surface area contributed by atoms with E-state index < -0.39 is 0 Å². The largest absolute Gasteiger partial charge is 0.285 e. The Bertz CT molecular complexity index is 627. The first kappa shape index (κ1) is 11.4. The maximum atomic E-state index is 3.96. The van der Waals surface area contributed by atoms with Gasteiger partial charge in [-0.25, -0.2) is 0 Å². The summed E-state index contributed by atoms with van der Waals surface area (Å²) in [5, 5.41) is 9.48. The van der Waals surface area contributed by atoms with Gasteiger partial charge in [0, 0.05) is 17.7 Å². The molecule has 0 saturated carbocycles. The average Bonchev–Trinajstić information content (AvgIpc) is 2.92. The summed E-state index contributed by atoms with van der Waals surface area (Å²) < 4.78 is 0. The Balaban J connectivity index is 1.74. The zero-order valence-electron chi connectivity index (χ0n) is 9.97. The van der Waals surface area contributed by atoms with Crippen LogP contribution in [0.15, 0.2) is 54.9 Å². The predicted molar refractivity (Wildman–Crippen MR) is 77.5 cm³/mol. The third-order valence-electron chi connectivity index (χ3n) is 2.96. The fourth-order valence-electron chi connectivity index (χ4n) is 2.05. The Kier molecular flexibility index (Phi) is 3.33. The van der Waals surface area contributed by atoms with Gasteiger partial charge in [0.2, 0.25) is 0 Å². The highest BCUT2D eigenvalue weighted by Crippen LogP contribution is 2.24.